The van der Waals surface area contributed by atoms with E-state index in [-0.39, 0.29) is 17.1 Å². The number of piperidine rings is 2. The van der Waals surface area contributed by atoms with Crippen LogP contribution in [0.1, 0.15) is 32.1 Å². The molecule has 2 aromatic rings. The summed E-state index contributed by atoms with van der Waals surface area (Å²) < 4.78 is 13.5. The number of carbonyl (C=O) groups excluding carboxylic acids is 1. The highest BCUT2D eigenvalue weighted by Gasteiger charge is 2.42. The maximum absolute atomic E-state index is 13.5. The van der Waals surface area contributed by atoms with E-state index in [1.165, 1.54) is 12.1 Å². The fourth-order valence-electron chi connectivity index (χ4n) is 5.04. The molecule has 3 fully saturated rings. The number of fused-ring (bicyclic) bond motifs is 1. The number of rotatable bonds is 2. The Balaban J connectivity index is 1.19. The molecule has 148 valence electrons. The molecule has 0 radical (unpaired) electrons. The normalized spacial score (nSPS) is 23.5. The number of likely N-dealkylation sites (tertiary alicyclic amines) is 1. The first-order valence-electron chi connectivity index (χ1n) is 10.3. The standard InChI is InChI=1S/C21H26FN5O/c22-16-2-1-15-13-23-20(25-18(15)11-16)27-7-3-17(4-8-27)26-9-5-21(6-10-26)12-19(28)24-14-21/h1-2,11,13,17H,3-10,12,14H2,(H,24,28). The highest BCUT2D eigenvalue weighted by molar-refractivity contribution is 5.79. The maximum atomic E-state index is 13.5. The Hall–Kier alpha value is -2.28. The zero-order chi connectivity index (χ0) is 19.1. The Labute approximate surface area is 164 Å². The van der Waals surface area contributed by atoms with Gasteiger partial charge in [0, 0.05) is 49.7 Å². The van der Waals surface area contributed by atoms with Crippen molar-refractivity contribution >= 4 is 22.8 Å². The van der Waals surface area contributed by atoms with Crippen LogP contribution in [0.5, 0.6) is 0 Å². The van der Waals surface area contributed by atoms with Gasteiger partial charge < -0.3 is 15.1 Å². The van der Waals surface area contributed by atoms with Crippen molar-refractivity contribution in [3.8, 4) is 0 Å². The van der Waals surface area contributed by atoms with Gasteiger partial charge in [0.1, 0.15) is 5.82 Å². The third-order valence-electron chi connectivity index (χ3n) is 6.85. The molecule has 5 rings (SSSR count). The second-order valence-corrected chi connectivity index (χ2v) is 8.58. The topological polar surface area (TPSA) is 61.4 Å². The lowest BCUT2D eigenvalue weighted by Gasteiger charge is -2.44. The molecular formula is C21H26FN5O. The lowest BCUT2D eigenvalue weighted by atomic mass is 9.77. The minimum Gasteiger partial charge on any atom is -0.356 e. The van der Waals surface area contributed by atoms with Crippen LogP contribution in [-0.4, -0.2) is 59.5 Å². The summed E-state index contributed by atoms with van der Waals surface area (Å²) in [5.74, 6) is 0.652. The van der Waals surface area contributed by atoms with E-state index in [2.05, 4.69) is 25.1 Å². The number of amides is 1. The molecular weight excluding hydrogens is 357 g/mol. The van der Waals surface area contributed by atoms with E-state index in [4.69, 9.17) is 0 Å². The summed E-state index contributed by atoms with van der Waals surface area (Å²) in [4.78, 5) is 25.5. The number of aromatic nitrogens is 2. The monoisotopic (exact) mass is 383 g/mol. The van der Waals surface area contributed by atoms with Crippen LogP contribution in [0, 0.1) is 11.2 Å². The molecule has 1 aromatic carbocycles. The molecule has 28 heavy (non-hydrogen) atoms. The van der Waals surface area contributed by atoms with Gasteiger partial charge in [-0.05, 0) is 56.3 Å². The Morgan fingerprint density at radius 2 is 1.93 bits per heavy atom. The van der Waals surface area contributed by atoms with E-state index >= 15 is 0 Å². The molecule has 1 N–H and O–H groups in total. The van der Waals surface area contributed by atoms with Gasteiger partial charge in [0.15, 0.2) is 0 Å². The number of benzene rings is 1. The van der Waals surface area contributed by atoms with Gasteiger partial charge in [-0.3, -0.25) is 4.79 Å². The lowest BCUT2D eigenvalue weighted by Crippen LogP contribution is -2.50. The number of anilines is 1. The Kier molecular flexibility index (Phi) is 4.42. The van der Waals surface area contributed by atoms with E-state index in [1.54, 1.807) is 12.3 Å². The lowest BCUT2D eigenvalue weighted by molar-refractivity contribution is -0.119. The summed E-state index contributed by atoms with van der Waals surface area (Å²) in [5.41, 5.74) is 0.871. The fourth-order valence-corrected chi connectivity index (χ4v) is 5.04. The van der Waals surface area contributed by atoms with Crippen LogP contribution in [0.25, 0.3) is 10.9 Å². The zero-order valence-electron chi connectivity index (χ0n) is 16.0. The van der Waals surface area contributed by atoms with Gasteiger partial charge in [0.25, 0.3) is 0 Å². The number of nitrogens with one attached hydrogen (secondary N) is 1. The predicted octanol–water partition coefficient (Wildman–Crippen LogP) is 2.34. The Bertz CT molecular complexity index is 887. The van der Waals surface area contributed by atoms with E-state index in [1.807, 2.05) is 0 Å². The van der Waals surface area contributed by atoms with Gasteiger partial charge in [-0.15, -0.1) is 0 Å². The molecule has 6 nitrogen and oxygen atoms in total. The highest BCUT2D eigenvalue weighted by atomic mass is 19.1. The molecule has 0 aliphatic carbocycles. The minimum atomic E-state index is -0.266. The van der Waals surface area contributed by atoms with Crippen LogP contribution in [0.15, 0.2) is 24.4 Å². The molecule has 0 atom stereocenters. The van der Waals surface area contributed by atoms with E-state index < -0.39 is 0 Å². The van der Waals surface area contributed by atoms with E-state index in [9.17, 15) is 9.18 Å². The van der Waals surface area contributed by atoms with Crippen LogP contribution >= 0.6 is 0 Å². The van der Waals surface area contributed by atoms with E-state index in [0.717, 1.165) is 63.8 Å². The molecule has 1 aromatic heterocycles. The van der Waals surface area contributed by atoms with Gasteiger partial charge in [0.2, 0.25) is 11.9 Å². The highest BCUT2D eigenvalue weighted by Crippen LogP contribution is 2.38. The largest absolute Gasteiger partial charge is 0.356 e. The second kappa shape index (κ2) is 6.95. The quantitative estimate of drug-likeness (QED) is 0.863. The summed E-state index contributed by atoms with van der Waals surface area (Å²) in [6.07, 6.45) is 6.91. The van der Waals surface area contributed by atoms with Crippen molar-refractivity contribution in [2.45, 2.75) is 38.1 Å². The van der Waals surface area contributed by atoms with Gasteiger partial charge >= 0.3 is 0 Å². The summed E-state index contributed by atoms with van der Waals surface area (Å²) in [6.45, 7) is 4.88. The molecule has 0 bridgehead atoms. The molecule has 3 aliphatic rings. The number of carbonyl (C=O) groups is 1. The Morgan fingerprint density at radius 3 is 2.64 bits per heavy atom. The van der Waals surface area contributed by atoms with Crippen molar-refractivity contribution in [1.82, 2.24) is 20.2 Å². The van der Waals surface area contributed by atoms with Crippen molar-refractivity contribution in [2.75, 3.05) is 37.6 Å². The molecule has 1 spiro atoms. The van der Waals surface area contributed by atoms with Gasteiger partial charge in [-0.2, -0.15) is 0 Å². The summed E-state index contributed by atoms with van der Waals surface area (Å²) in [7, 11) is 0. The maximum Gasteiger partial charge on any atom is 0.225 e. The molecule has 7 heteroatoms. The first kappa shape index (κ1) is 17.8. The van der Waals surface area contributed by atoms with Crippen LogP contribution in [0.4, 0.5) is 10.3 Å². The van der Waals surface area contributed by atoms with Crippen molar-refractivity contribution in [1.29, 1.82) is 0 Å². The second-order valence-electron chi connectivity index (χ2n) is 8.58. The fraction of sp³-hybridized carbons (Fsp3) is 0.571. The summed E-state index contributed by atoms with van der Waals surface area (Å²) in [6, 6.07) is 5.23. The Morgan fingerprint density at radius 1 is 1.14 bits per heavy atom. The van der Waals surface area contributed by atoms with Crippen LogP contribution in [0.3, 0.4) is 0 Å². The minimum absolute atomic E-state index is 0.211. The number of nitrogens with zero attached hydrogens (tertiary/aromatic N) is 4. The van der Waals surface area contributed by atoms with Gasteiger partial charge in [-0.25, -0.2) is 14.4 Å². The molecule has 4 heterocycles. The smallest absolute Gasteiger partial charge is 0.225 e. The van der Waals surface area contributed by atoms with Crippen molar-refractivity contribution in [3.05, 3.63) is 30.2 Å². The molecule has 1 amide bonds. The van der Waals surface area contributed by atoms with Gasteiger partial charge in [-0.1, -0.05) is 0 Å². The van der Waals surface area contributed by atoms with Crippen LogP contribution < -0.4 is 10.2 Å². The zero-order valence-corrected chi connectivity index (χ0v) is 16.0. The third-order valence-corrected chi connectivity index (χ3v) is 6.85. The van der Waals surface area contributed by atoms with Gasteiger partial charge in [0.05, 0.1) is 5.52 Å². The molecule has 0 unspecified atom stereocenters. The molecule has 3 saturated heterocycles. The van der Waals surface area contributed by atoms with Crippen LogP contribution in [0.2, 0.25) is 0 Å². The average Bonchev–Trinajstić information content (AvgIpc) is 3.08. The number of hydrogen-bond donors (Lipinski definition) is 1. The summed E-state index contributed by atoms with van der Waals surface area (Å²) in [5, 5.41) is 3.88. The van der Waals surface area contributed by atoms with E-state index in [0.29, 0.717) is 23.9 Å². The van der Waals surface area contributed by atoms with Crippen LogP contribution in [-0.2, 0) is 4.79 Å². The SMILES string of the molecule is O=C1CC2(CCN(C3CCN(c4ncc5ccc(F)cc5n4)CC3)CC2)CN1. The first-order chi connectivity index (χ1) is 13.6. The number of hydrogen-bond acceptors (Lipinski definition) is 5. The predicted molar refractivity (Wildman–Crippen MR) is 106 cm³/mol. The van der Waals surface area contributed by atoms with Crippen molar-refractivity contribution < 1.29 is 9.18 Å². The van der Waals surface area contributed by atoms with Crippen molar-refractivity contribution in [2.24, 2.45) is 5.41 Å². The summed E-state index contributed by atoms with van der Waals surface area (Å²) >= 11 is 0. The molecule has 3 aliphatic heterocycles. The average molecular weight is 383 g/mol. The third kappa shape index (κ3) is 3.32. The number of halogens is 1. The van der Waals surface area contributed by atoms with Crippen molar-refractivity contribution in [3.63, 3.8) is 0 Å². The molecule has 0 saturated carbocycles. The first-order valence-corrected chi connectivity index (χ1v) is 10.3.